The van der Waals surface area contributed by atoms with Crippen LogP contribution in [0.4, 0.5) is 10.1 Å². The SMILES string of the molecule is Cc1cc(S(=O)(=O)Nc2cccc(CNCCCCc3noc4cc(F)ccc34)c2)c(C)s1. The second kappa shape index (κ2) is 10.0. The van der Waals surface area contributed by atoms with Crippen molar-refractivity contribution in [1.82, 2.24) is 10.5 Å². The number of sulfonamides is 1. The van der Waals surface area contributed by atoms with Crippen molar-refractivity contribution in [2.45, 2.75) is 44.6 Å². The number of nitrogens with one attached hydrogen (secondary N) is 2. The first-order valence-corrected chi connectivity index (χ1v) is 13.0. The van der Waals surface area contributed by atoms with Gasteiger partial charge in [-0.25, -0.2) is 12.8 Å². The molecule has 0 aliphatic carbocycles. The number of thiophene rings is 1. The van der Waals surface area contributed by atoms with E-state index in [1.165, 1.54) is 23.5 Å². The lowest BCUT2D eigenvalue weighted by molar-refractivity contribution is 0.442. The third kappa shape index (κ3) is 5.79. The topological polar surface area (TPSA) is 84.2 Å². The highest BCUT2D eigenvalue weighted by Crippen LogP contribution is 2.27. The third-order valence-corrected chi connectivity index (χ3v) is 7.92. The molecule has 4 rings (SSSR count). The molecular weight excluding hydrogens is 461 g/mol. The minimum atomic E-state index is -3.61. The van der Waals surface area contributed by atoms with E-state index in [9.17, 15) is 12.8 Å². The molecule has 33 heavy (non-hydrogen) atoms. The average molecular weight is 488 g/mol. The molecule has 9 heteroatoms. The van der Waals surface area contributed by atoms with Crippen molar-refractivity contribution in [3.05, 3.63) is 75.4 Å². The van der Waals surface area contributed by atoms with E-state index < -0.39 is 10.0 Å². The molecule has 4 aromatic rings. The zero-order chi connectivity index (χ0) is 23.4. The van der Waals surface area contributed by atoms with E-state index in [4.69, 9.17) is 4.52 Å². The van der Waals surface area contributed by atoms with E-state index in [0.29, 0.717) is 22.7 Å². The summed E-state index contributed by atoms with van der Waals surface area (Å²) in [5, 5.41) is 8.30. The molecule has 0 spiro atoms. The van der Waals surface area contributed by atoms with Crippen LogP contribution in [0.5, 0.6) is 0 Å². The maximum atomic E-state index is 13.2. The number of aromatic nitrogens is 1. The normalized spacial score (nSPS) is 11.8. The van der Waals surface area contributed by atoms with Crippen LogP contribution in [0.1, 0.15) is 33.9 Å². The minimum Gasteiger partial charge on any atom is -0.356 e. The number of anilines is 1. The zero-order valence-electron chi connectivity index (χ0n) is 18.5. The molecule has 174 valence electrons. The van der Waals surface area contributed by atoms with Crippen molar-refractivity contribution in [3.8, 4) is 0 Å². The zero-order valence-corrected chi connectivity index (χ0v) is 20.2. The van der Waals surface area contributed by atoms with Crippen LogP contribution in [0, 0.1) is 19.7 Å². The molecule has 0 saturated heterocycles. The summed E-state index contributed by atoms with van der Waals surface area (Å²) in [6.45, 7) is 5.17. The average Bonchev–Trinajstić information content (AvgIpc) is 3.32. The lowest BCUT2D eigenvalue weighted by Crippen LogP contribution is -2.16. The van der Waals surface area contributed by atoms with E-state index >= 15 is 0 Å². The fraction of sp³-hybridized carbons (Fsp3) is 0.292. The standard InChI is InChI=1S/C24H26FN3O3S2/c1-16-12-24(17(2)32-16)33(29,30)28-20-7-5-6-18(13-20)15-26-11-4-3-8-22-21-10-9-19(25)14-23(21)31-27-22/h5-7,9-10,12-14,26,28H,3-4,8,11,15H2,1-2H3. The van der Waals surface area contributed by atoms with Gasteiger partial charge < -0.3 is 9.84 Å². The number of fused-ring (bicyclic) bond motifs is 1. The van der Waals surface area contributed by atoms with Gasteiger partial charge in [0.1, 0.15) is 10.7 Å². The molecule has 0 radical (unpaired) electrons. The molecule has 0 aliphatic heterocycles. The first kappa shape index (κ1) is 23.4. The van der Waals surface area contributed by atoms with Gasteiger partial charge in [-0.2, -0.15) is 0 Å². The van der Waals surface area contributed by atoms with E-state index in [1.54, 1.807) is 18.2 Å². The summed E-state index contributed by atoms with van der Waals surface area (Å²) in [5.74, 6) is -0.331. The van der Waals surface area contributed by atoms with E-state index in [-0.39, 0.29) is 5.82 Å². The molecule has 6 nitrogen and oxygen atoms in total. The van der Waals surface area contributed by atoms with E-state index in [0.717, 1.165) is 52.2 Å². The molecular formula is C24H26FN3O3S2. The van der Waals surface area contributed by atoms with Crippen molar-refractivity contribution in [1.29, 1.82) is 0 Å². The number of benzene rings is 2. The molecule has 0 fully saturated rings. The van der Waals surface area contributed by atoms with Crippen LogP contribution in [-0.2, 0) is 23.0 Å². The molecule has 0 aliphatic rings. The van der Waals surface area contributed by atoms with Gasteiger partial charge in [0.05, 0.1) is 5.69 Å². The van der Waals surface area contributed by atoms with Crippen LogP contribution in [0.2, 0.25) is 0 Å². The van der Waals surface area contributed by atoms with Gasteiger partial charge in [-0.15, -0.1) is 11.3 Å². The Kier molecular flexibility index (Phi) is 7.11. The molecule has 0 atom stereocenters. The van der Waals surface area contributed by atoms with E-state index in [2.05, 4.69) is 15.2 Å². The maximum absolute atomic E-state index is 13.2. The Morgan fingerprint density at radius 3 is 2.73 bits per heavy atom. The predicted octanol–water partition coefficient (Wildman–Crippen LogP) is 5.56. The Balaban J connectivity index is 1.25. The Labute approximate surface area is 196 Å². The van der Waals surface area contributed by atoms with Crippen molar-refractivity contribution in [3.63, 3.8) is 0 Å². The second-order valence-corrected chi connectivity index (χ2v) is 11.1. The molecule has 2 aromatic heterocycles. The quantitative estimate of drug-likeness (QED) is 0.286. The van der Waals surface area contributed by atoms with Gasteiger partial charge in [-0.05, 0) is 75.5 Å². The number of hydrogen-bond donors (Lipinski definition) is 2. The summed E-state index contributed by atoms with van der Waals surface area (Å²) in [6.07, 6.45) is 2.63. The summed E-state index contributed by atoms with van der Waals surface area (Å²) in [4.78, 5) is 2.08. The Morgan fingerprint density at radius 1 is 1.09 bits per heavy atom. The largest absolute Gasteiger partial charge is 0.356 e. The fourth-order valence-corrected chi connectivity index (χ4v) is 6.35. The fourth-order valence-electron chi connectivity index (χ4n) is 3.75. The van der Waals surface area contributed by atoms with Gasteiger partial charge in [0.2, 0.25) is 0 Å². The Bertz CT molecular complexity index is 1360. The summed E-state index contributed by atoms with van der Waals surface area (Å²) in [5.41, 5.74) is 2.87. The molecule has 0 unspecified atom stereocenters. The monoisotopic (exact) mass is 487 g/mol. The second-order valence-electron chi connectivity index (χ2n) is 7.99. The third-order valence-electron chi connectivity index (χ3n) is 5.32. The number of nitrogens with zero attached hydrogens (tertiary/aromatic N) is 1. The van der Waals surface area contributed by atoms with E-state index in [1.807, 2.05) is 32.0 Å². The molecule has 2 N–H and O–H groups in total. The lowest BCUT2D eigenvalue weighted by atomic mass is 10.1. The molecule has 0 amide bonds. The van der Waals surface area contributed by atoms with Gasteiger partial charge >= 0.3 is 0 Å². The van der Waals surface area contributed by atoms with Crippen LogP contribution in [0.25, 0.3) is 11.0 Å². The van der Waals surface area contributed by atoms with Gasteiger partial charge in [0, 0.05) is 33.4 Å². The number of unbranched alkanes of at least 4 members (excludes halogenated alkanes) is 1. The Hall–Kier alpha value is -2.75. The minimum absolute atomic E-state index is 0.331. The summed E-state index contributed by atoms with van der Waals surface area (Å²) in [6, 6.07) is 13.6. The highest BCUT2D eigenvalue weighted by atomic mass is 32.2. The summed E-state index contributed by atoms with van der Waals surface area (Å²) >= 11 is 1.47. The number of hydrogen-bond acceptors (Lipinski definition) is 6. The smallest absolute Gasteiger partial charge is 0.262 e. The summed E-state index contributed by atoms with van der Waals surface area (Å²) < 4.78 is 46.6. The highest BCUT2D eigenvalue weighted by Gasteiger charge is 2.19. The number of rotatable bonds is 10. The van der Waals surface area contributed by atoms with Crippen LogP contribution in [0.3, 0.4) is 0 Å². The molecule has 0 bridgehead atoms. The molecule has 2 heterocycles. The molecule has 2 aromatic carbocycles. The lowest BCUT2D eigenvalue weighted by Gasteiger charge is -2.10. The van der Waals surface area contributed by atoms with Crippen molar-refractivity contribution >= 4 is 38.0 Å². The van der Waals surface area contributed by atoms with Crippen molar-refractivity contribution in [2.75, 3.05) is 11.3 Å². The van der Waals surface area contributed by atoms with Gasteiger partial charge in [-0.3, -0.25) is 4.72 Å². The van der Waals surface area contributed by atoms with Gasteiger partial charge in [0.15, 0.2) is 5.58 Å². The number of aryl methyl sites for hydroxylation is 3. The van der Waals surface area contributed by atoms with Crippen LogP contribution >= 0.6 is 11.3 Å². The number of halogens is 1. The predicted molar refractivity (Wildman–Crippen MR) is 130 cm³/mol. The van der Waals surface area contributed by atoms with Crippen molar-refractivity contribution in [2.24, 2.45) is 0 Å². The van der Waals surface area contributed by atoms with Crippen molar-refractivity contribution < 1.29 is 17.3 Å². The van der Waals surface area contributed by atoms with Crippen LogP contribution < -0.4 is 10.0 Å². The Morgan fingerprint density at radius 2 is 1.94 bits per heavy atom. The van der Waals surface area contributed by atoms with Gasteiger partial charge in [0.25, 0.3) is 10.0 Å². The van der Waals surface area contributed by atoms with Crippen LogP contribution in [-0.4, -0.2) is 20.1 Å². The summed E-state index contributed by atoms with van der Waals surface area (Å²) in [7, 11) is -3.61. The first-order valence-electron chi connectivity index (χ1n) is 10.8. The molecule has 0 saturated carbocycles. The van der Waals surface area contributed by atoms with Crippen LogP contribution in [0.15, 0.2) is 57.9 Å². The first-order chi connectivity index (χ1) is 15.8. The maximum Gasteiger partial charge on any atom is 0.262 e. The highest BCUT2D eigenvalue weighted by molar-refractivity contribution is 7.93. The van der Waals surface area contributed by atoms with Gasteiger partial charge in [-0.1, -0.05) is 17.3 Å².